The monoisotopic (exact) mass is 456 g/mol. The highest BCUT2D eigenvalue weighted by Crippen LogP contribution is 2.28. The second-order valence-corrected chi connectivity index (χ2v) is 8.07. The van der Waals surface area contributed by atoms with Gasteiger partial charge in [-0.05, 0) is 44.9 Å². The Balaban J connectivity index is 2.10. The molecule has 0 aliphatic carbocycles. The van der Waals surface area contributed by atoms with Crippen LogP contribution < -0.4 is 15.7 Å². The lowest BCUT2D eigenvalue weighted by Gasteiger charge is -2.18. The number of amides is 1. The summed E-state index contributed by atoms with van der Waals surface area (Å²) in [6.45, 7) is 7.18. The molecule has 1 amide bonds. The molecule has 3 rings (SSSR count). The molecule has 33 heavy (non-hydrogen) atoms. The highest BCUT2D eigenvalue weighted by molar-refractivity contribution is 6.06. The molecule has 0 aliphatic rings. The fourth-order valence-electron chi connectivity index (χ4n) is 3.54. The number of aromatic nitrogens is 3. The molecule has 2 N–H and O–H groups in total. The van der Waals surface area contributed by atoms with Gasteiger partial charge in [-0.3, -0.25) is 9.36 Å². The second-order valence-electron chi connectivity index (χ2n) is 8.07. The summed E-state index contributed by atoms with van der Waals surface area (Å²) in [6, 6.07) is 9.60. The van der Waals surface area contributed by atoms with E-state index in [1.807, 2.05) is 32.9 Å². The summed E-state index contributed by atoms with van der Waals surface area (Å²) in [7, 11) is 1.44. The van der Waals surface area contributed by atoms with Crippen molar-refractivity contribution in [3.8, 4) is 11.4 Å². The molecule has 0 fully saturated rings. The van der Waals surface area contributed by atoms with Gasteiger partial charge < -0.3 is 15.2 Å². The van der Waals surface area contributed by atoms with Crippen LogP contribution in [0.25, 0.3) is 5.69 Å². The molecule has 9 heteroatoms. The third-order valence-corrected chi connectivity index (χ3v) is 5.33. The van der Waals surface area contributed by atoms with Gasteiger partial charge in [0.15, 0.2) is 5.82 Å². The summed E-state index contributed by atoms with van der Waals surface area (Å²) in [6.07, 6.45) is 0.317. The quantitative estimate of drug-likeness (QED) is 0.536. The molecule has 0 spiro atoms. The summed E-state index contributed by atoms with van der Waals surface area (Å²) in [4.78, 5) is 25.7. The van der Waals surface area contributed by atoms with Crippen molar-refractivity contribution in [2.45, 2.75) is 52.7 Å². The average molecular weight is 457 g/mol. The van der Waals surface area contributed by atoms with Crippen LogP contribution >= 0.6 is 0 Å². The van der Waals surface area contributed by atoms with Gasteiger partial charge in [0, 0.05) is 18.8 Å². The van der Waals surface area contributed by atoms with E-state index < -0.39 is 23.5 Å². The number of carbonyl (C=O) groups is 1. The minimum absolute atomic E-state index is 0.00202. The van der Waals surface area contributed by atoms with Gasteiger partial charge in [0.25, 0.3) is 5.91 Å². The lowest BCUT2D eigenvalue weighted by molar-refractivity contribution is 0.101. The Kier molecular flexibility index (Phi) is 7.33. The maximum absolute atomic E-state index is 15.2. The van der Waals surface area contributed by atoms with Crippen LogP contribution in [0, 0.1) is 12.7 Å². The maximum atomic E-state index is 15.2. The van der Waals surface area contributed by atoms with Gasteiger partial charge in [-0.1, -0.05) is 31.5 Å². The predicted octanol–water partition coefficient (Wildman–Crippen LogP) is 3.89. The first kappa shape index (κ1) is 24.2. The lowest BCUT2D eigenvalue weighted by Crippen LogP contribution is -2.24. The number of benzene rings is 2. The number of hydrogen-bond acceptors (Lipinski definition) is 5. The number of rotatable bonds is 8. The predicted molar refractivity (Wildman–Crippen MR) is 124 cm³/mol. The van der Waals surface area contributed by atoms with E-state index in [0.29, 0.717) is 5.69 Å². The SMILES string of the molecule is CCCC(C)Oc1cc(-n2nc([C@H](C)O)n(C)c2=O)c(F)cc1C(=O)Nc1ccccc1C. The smallest absolute Gasteiger partial charge is 0.350 e. The second kappa shape index (κ2) is 9.99. The third kappa shape index (κ3) is 5.14. The number of halogens is 1. The Morgan fingerprint density at radius 3 is 2.58 bits per heavy atom. The number of aryl methyl sites for hydroxylation is 1. The van der Waals surface area contributed by atoms with E-state index in [1.54, 1.807) is 12.1 Å². The van der Waals surface area contributed by atoms with Crippen molar-refractivity contribution < 1.29 is 19.0 Å². The van der Waals surface area contributed by atoms with E-state index in [1.165, 1.54) is 20.0 Å². The Morgan fingerprint density at radius 2 is 1.97 bits per heavy atom. The zero-order valence-electron chi connectivity index (χ0n) is 19.4. The van der Waals surface area contributed by atoms with Gasteiger partial charge in [0.1, 0.15) is 23.4 Å². The lowest BCUT2D eigenvalue weighted by atomic mass is 10.1. The number of hydrogen-bond donors (Lipinski definition) is 2. The van der Waals surface area contributed by atoms with E-state index in [4.69, 9.17) is 4.74 Å². The Morgan fingerprint density at radius 1 is 1.27 bits per heavy atom. The summed E-state index contributed by atoms with van der Waals surface area (Å²) in [5, 5.41) is 16.7. The number of aliphatic hydroxyl groups is 1. The third-order valence-electron chi connectivity index (χ3n) is 5.33. The van der Waals surface area contributed by atoms with Crippen LogP contribution in [-0.4, -0.2) is 31.5 Å². The Hall–Kier alpha value is -3.46. The molecule has 0 saturated heterocycles. The first-order chi connectivity index (χ1) is 15.6. The molecule has 0 saturated carbocycles. The van der Waals surface area contributed by atoms with Gasteiger partial charge in [-0.25, -0.2) is 9.18 Å². The molecule has 1 unspecified atom stereocenters. The first-order valence-electron chi connectivity index (χ1n) is 10.9. The fourth-order valence-corrected chi connectivity index (χ4v) is 3.54. The molecule has 2 atom stereocenters. The molecule has 3 aromatic rings. The van der Waals surface area contributed by atoms with Gasteiger partial charge >= 0.3 is 5.69 Å². The van der Waals surface area contributed by atoms with E-state index >= 15 is 4.39 Å². The average Bonchev–Trinajstić information content (AvgIpc) is 3.05. The largest absolute Gasteiger partial charge is 0.490 e. The van der Waals surface area contributed by atoms with E-state index in [-0.39, 0.29) is 28.9 Å². The van der Waals surface area contributed by atoms with E-state index in [2.05, 4.69) is 10.4 Å². The summed E-state index contributed by atoms with van der Waals surface area (Å²) in [5.74, 6) is -1.14. The summed E-state index contributed by atoms with van der Waals surface area (Å²) in [5.41, 5.74) is 0.655. The van der Waals surface area contributed by atoms with Gasteiger partial charge in [0.2, 0.25) is 0 Å². The maximum Gasteiger partial charge on any atom is 0.350 e. The van der Waals surface area contributed by atoms with Crippen LogP contribution in [-0.2, 0) is 7.05 Å². The molecule has 176 valence electrons. The molecule has 1 heterocycles. The highest BCUT2D eigenvalue weighted by atomic mass is 19.1. The van der Waals surface area contributed by atoms with Crippen molar-refractivity contribution in [3.63, 3.8) is 0 Å². The minimum atomic E-state index is -1.02. The number of para-hydroxylation sites is 1. The number of carbonyl (C=O) groups excluding carboxylic acids is 1. The van der Waals surface area contributed by atoms with Gasteiger partial charge in [-0.15, -0.1) is 5.10 Å². The van der Waals surface area contributed by atoms with Crippen molar-refractivity contribution in [1.29, 1.82) is 0 Å². The molecule has 0 aliphatic heterocycles. The summed E-state index contributed by atoms with van der Waals surface area (Å²) < 4.78 is 23.2. The number of nitrogens with one attached hydrogen (secondary N) is 1. The minimum Gasteiger partial charge on any atom is -0.490 e. The van der Waals surface area contributed by atoms with Crippen LogP contribution in [0.2, 0.25) is 0 Å². The topological polar surface area (TPSA) is 98.4 Å². The van der Waals surface area contributed by atoms with Crippen LogP contribution in [0.5, 0.6) is 5.75 Å². The summed E-state index contributed by atoms with van der Waals surface area (Å²) >= 11 is 0. The normalized spacial score (nSPS) is 12.9. The van der Waals surface area contributed by atoms with Crippen LogP contribution in [0.15, 0.2) is 41.2 Å². The molecular weight excluding hydrogens is 427 g/mol. The van der Waals surface area contributed by atoms with E-state index in [9.17, 15) is 14.7 Å². The molecule has 0 radical (unpaired) electrons. The number of anilines is 1. The van der Waals surface area contributed by atoms with Gasteiger partial charge in [0.05, 0.1) is 11.7 Å². The van der Waals surface area contributed by atoms with Gasteiger partial charge in [-0.2, -0.15) is 4.68 Å². The Bertz CT molecular complexity index is 1220. The number of aliphatic hydroxyl groups excluding tert-OH is 1. The van der Waals surface area contributed by atoms with Crippen molar-refractivity contribution in [3.05, 3.63) is 69.7 Å². The van der Waals surface area contributed by atoms with Crippen molar-refractivity contribution >= 4 is 11.6 Å². The molecule has 2 aromatic carbocycles. The standard InChI is InChI=1S/C24H29FN4O4/c1-6-9-15(3)33-21-13-20(29-24(32)28(5)22(27-29)16(4)30)18(25)12-17(21)23(31)26-19-11-8-7-10-14(19)2/h7-8,10-13,15-16,30H,6,9H2,1-5H3,(H,26,31)/t15?,16-/m0/s1. The number of nitrogens with zero attached hydrogens (tertiary/aromatic N) is 3. The van der Waals surface area contributed by atoms with Crippen LogP contribution in [0.3, 0.4) is 0 Å². The molecule has 1 aromatic heterocycles. The highest BCUT2D eigenvalue weighted by Gasteiger charge is 2.23. The van der Waals surface area contributed by atoms with Crippen molar-refractivity contribution in [2.24, 2.45) is 7.05 Å². The van der Waals surface area contributed by atoms with Crippen LogP contribution in [0.4, 0.5) is 10.1 Å². The molecule has 8 nitrogen and oxygen atoms in total. The zero-order valence-corrected chi connectivity index (χ0v) is 19.4. The van der Waals surface area contributed by atoms with E-state index in [0.717, 1.165) is 33.7 Å². The Labute approximate surface area is 191 Å². The van der Waals surface area contributed by atoms with Crippen molar-refractivity contribution in [2.75, 3.05) is 5.32 Å². The zero-order chi connectivity index (χ0) is 24.3. The first-order valence-corrected chi connectivity index (χ1v) is 10.9. The van der Waals surface area contributed by atoms with Crippen LogP contribution in [0.1, 0.15) is 61.5 Å². The fraction of sp³-hybridized carbons (Fsp3) is 0.375. The molecule has 0 bridgehead atoms. The van der Waals surface area contributed by atoms with Crippen molar-refractivity contribution in [1.82, 2.24) is 14.3 Å². The number of ether oxygens (including phenoxy) is 1. The molecular formula is C24H29FN4O4.